The molecule has 0 unspecified atom stereocenters. The molecule has 39 heavy (non-hydrogen) atoms. The van der Waals surface area contributed by atoms with E-state index in [2.05, 4.69) is 32.3 Å². The maximum absolute atomic E-state index is 12.9. The zero-order chi connectivity index (χ0) is 28.0. The summed E-state index contributed by atoms with van der Waals surface area (Å²) in [6.45, 7) is 1.98. The van der Waals surface area contributed by atoms with E-state index in [1.165, 1.54) is 5.01 Å². The molecule has 1 aliphatic heterocycles. The molecule has 2 amide bonds. The van der Waals surface area contributed by atoms with Gasteiger partial charge in [-0.2, -0.15) is 23.4 Å². The van der Waals surface area contributed by atoms with Crippen molar-refractivity contribution in [1.82, 2.24) is 19.6 Å². The first-order valence-corrected chi connectivity index (χ1v) is 11.5. The average molecular weight is 534 g/mol. The van der Waals surface area contributed by atoms with Crippen LogP contribution in [-0.2, 0) is 4.79 Å². The van der Waals surface area contributed by atoms with Gasteiger partial charge in [0, 0.05) is 30.1 Å². The smallest absolute Gasteiger partial charge is 0.475 e. The van der Waals surface area contributed by atoms with Crippen LogP contribution in [0.5, 0.6) is 0 Å². The number of aliphatic carboxylic acids is 1. The molecule has 0 spiro atoms. The lowest BCUT2D eigenvalue weighted by Crippen LogP contribution is -2.31. The van der Waals surface area contributed by atoms with Gasteiger partial charge in [-0.15, -0.1) is 0 Å². The van der Waals surface area contributed by atoms with Crippen molar-refractivity contribution in [2.24, 2.45) is 5.10 Å². The van der Waals surface area contributed by atoms with Gasteiger partial charge in [-0.3, -0.25) is 0 Å². The number of aromatic nitrogens is 3. The van der Waals surface area contributed by atoms with Gasteiger partial charge in [0.1, 0.15) is 5.69 Å². The quantitative estimate of drug-likeness (QED) is 0.350. The van der Waals surface area contributed by atoms with Crippen molar-refractivity contribution in [3.63, 3.8) is 0 Å². The lowest BCUT2D eigenvalue weighted by molar-refractivity contribution is -0.192. The number of halogens is 3. The van der Waals surface area contributed by atoms with Gasteiger partial charge in [-0.1, -0.05) is 42.3 Å². The molecule has 12 heteroatoms. The topological polar surface area (TPSA) is 112 Å². The van der Waals surface area contributed by atoms with E-state index in [0.717, 1.165) is 22.3 Å². The van der Waals surface area contributed by atoms with Crippen LogP contribution in [0.1, 0.15) is 34.8 Å². The van der Waals surface area contributed by atoms with E-state index in [9.17, 15) is 18.0 Å². The minimum Gasteiger partial charge on any atom is -0.475 e. The van der Waals surface area contributed by atoms with Crippen LogP contribution in [-0.4, -0.2) is 49.1 Å². The monoisotopic (exact) mass is 534 g/mol. The fourth-order valence-corrected chi connectivity index (χ4v) is 3.62. The molecule has 0 radical (unpaired) electrons. The van der Waals surface area contributed by atoms with E-state index in [1.54, 1.807) is 23.1 Å². The van der Waals surface area contributed by atoms with Gasteiger partial charge in [-0.25, -0.2) is 24.1 Å². The normalized spacial score (nSPS) is 14.3. The molecule has 0 bridgehead atoms. The SMILES string of the molecule is Cc1ccc(NC(=O)N2N=CC[C@@H]2c2ccccc2)cc1C#Cc1cnc2cccnn12.O=C(O)C(F)(F)F. The molecule has 5 rings (SSSR count). The number of carboxylic acid groups (broad SMARTS) is 1. The molecule has 0 saturated heterocycles. The second-order valence-corrected chi connectivity index (χ2v) is 8.25. The van der Waals surface area contributed by atoms with E-state index in [0.29, 0.717) is 17.8 Å². The number of nitrogens with one attached hydrogen (secondary N) is 1. The predicted octanol–water partition coefficient (Wildman–Crippen LogP) is 5.04. The van der Waals surface area contributed by atoms with Crippen molar-refractivity contribution < 1.29 is 27.9 Å². The van der Waals surface area contributed by atoms with E-state index >= 15 is 0 Å². The summed E-state index contributed by atoms with van der Waals surface area (Å²) in [5.74, 6) is 3.55. The second kappa shape index (κ2) is 11.5. The number of hydrogen-bond acceptors (Lipinski definition) is 5. The predicted molar refractivity (Wildman–Crippen MR) is 137 cm³/mol. The molecule has 4 aromatic rings. The van der Waals surface area contributed by atoms with Gasteiger partial charge in [0.2, 0.25) is 0 Å². The van der Waals surface area contributed by atoms with Crippen LogP contribution >= 0.6 is 0 Å². The Labute approximate surface area is 220 Å². The molecule has 0 aliphatic carbocycles. The Hall–Kier alpha value is -5.18. The van der Waals surface area contributed by atoms with Crippen LogP contribution in [0, 0.1) is 18.8 Å². The van der Waals surface area contributed by atoms with Crippen LogP contribution in [0.4, 0.5) is 23.7 Å². The molecule has 3 heterocycles. The molecular formula is C27H21F3N6O3. The lowest BCUT2D eigenvalue weighted by Gasteiger charge is -2.22. The van der Waals surface area contributed by atoms with Gasteiger partial charge in [0.05, 0.1) is 12.2 Å². The number of carboxylic acids is 1. The zero-order valence-electron chi connectivity index (χ0n) is 20.4. The van der Waals surface area contributed by atoms with Crippen LogP contribution < -0.4 is 5.32 Å². The lowest BCUT2D eigenvalue weighted by atomic mass is 10.1. The van der Waals surface area contributed by atoms with E-state index < -0.39 is 12.1 Å². The number of alkyl halides is 3. The third-order valence-corrected chi connectivity index (χ3v) is 5.56. The van der Waals surface area contributed by atoms with E-state index in [-0.39, 0.29) is 12.1 Å². The Morgan fingerprint density at radius 2 is 1.82 bits per heavy atom. The number of rotatable bonds is 2. The average Bonchev–Trinajstić information content (AvgIpc) is 3.57. The van der Waals surface area contributed by atoms with Crippen LogP contribution in [0.2, 0.25) is 0 Å². The van der Waals surface area contributed by atoms with Gasteiger partial charge >= 0.3 is 18.2 Å². The molecule has 0 fully saturated rings. The number of carbonyl (C=O) groups is 2. The Bertz CT molecular complexity index is 1590. The molecule has 198 valence electrons. The van der Waals surface area contributed by atoms with Crippen molar-refractivity contribution in [2.45, 2.75) is 25.6 Å². The molecular weight excluding hydrogens is 513 g/mol. The number of fused-ring (bicyclic) bond motifs is 1. The zero-order valence-corrected chi connectivity index (χ0v) is 20.4. The molecule has 1 aliphatic rings. The number of imidazole rings is 1. The Morgan fingerprint density at radius 3 is 2.54 bits per heavy atom. The minimum atomic E-state index is -5.08. The molecule has 2 N–H and O–H groups in total. The van der Waals surface area contributed by atoms with Crippen molar-refractivity contribution in [1.29, 1.82) is 0 Å². The van der Waals surface area contributed by atoms with E-state index in [1.807, 2.05) is 67.6 Å². The molecule has 0 saturated carbocycles. The summed E-state index contributed by atoms with van der Waals surface area (Å²) in [5, 5.41) is 20.1. The first-order valence-electron chi connectivity index (χ1n) is 11.5. The first kappa shape index (κ1) is 26.9. The molecule has 2 aromatic carbocycles. The van der Waals surface area contributed by atoms with Crippen molar-refractivity contribution in [2.75, 3.05) is 5.32 Å². The number of benzene rings is 2. The number of hydrogen-bond donors (Lipinski definition) is 2. The number of anilines is 1. The summed E-state index contributed by atoms with van der Waals surface area (Å²) in [5.41, 5.74) is 4.99. The number of amides is 2. The number of nitrogens with zero attached hydrogens (tertiary/aromatic N) is 5. The fraction of sp³-hybridized carbons (Fsp3) is 0.148. The number of carbonyl (C=O) groups excluding carboxylic acids is 1. The van der Waals surface area contributed by atoms with Crippen LogP contribution in [0.3, 0.4) is 0 Å². The van der Waals surface area contributed by atoms with Crippen LogP contribution in [0.25, 0.3) is 5.65 Å². The van der Waals surface area contributed by atoms with Gasteiger partial charge in [-0.05, 0) is 48.2 Å². The summed E-state index contributed by atoms with van der Waals surface area (Å²) < 4.78 is 33.4. The fourth-order valence-electron chi connectivity index (χ4n) is 3.62. The summed E-state index contributed by atoms with van der Waals surface area (Å²) >= 11 is 0. The summed E-state index contributed by atoms with van der Waals surface area (Å²) in [6, 6.07) is 18.9. The third-order valence-electron chi connectivity index (χ3n) is 5.56. The summed E-state index contributed by atoms with van der Waals surface area (Å²) in [7, 11) is 0. The minimum absolute atomic E-state index is 0.108. The largest absolute Gasteiger partial charge is 0.490 e. The second-order valence-electron chi connectivity index (χ2n) is 8.25. The summed E-state index contributed by atoms with van der Waals surface area (Å²) in [6.07, 6.45) is 0.777. The first-order chi connectivity index (χ1) is 18.6. The van der Waals surface area contributed by atoms with Gasteiger partial charge < -0.3 is 10.4 Å². The highest BCUT2D eigenvalue weighted by molar-refractivity contribution is 5.91. The summed E-state index contributed by atoms with van der Waals surface area (Å²) in [4.78, 5) is 26.1. The van der Waals surface area contributed by atoms with Crippen LogP contribution in [0.15, 0.2) is 78.2 Å². The molecule has 1 atom stereocenters. The number of urea groups is 1. The third kappa shape index (κ3) is 6.58. The standard InChI is InChI=1S/C25H20N6O.C2HF3O2/c1-18-9-11-21(16-20(18)10-12-22-17-26-24-8-5-14-27-30(22)24)29-25(32)31-23(13-15-28-31)19-6-3-2-4-7-19;3-2(4,5)1(6)7/h2-9,11,14-17,23H,13H2,1H3,(H,29,32);(H,6,7)/t23-;/m1./s1. The van der Waals surface area contributed by atoms with Gasteiger partial charge in [0.25, 0.3) is 0 Å². The highest BCUT2D eigenvalue weighted by Gasteiger charge is 2.38. The van der Waals surface area contributed by atoms with Crippen molar-refractivity contribution in [3.8, 4) is 11.8 Å². The maximum atomic E-state index is 12.9. The Kier molecular flexibility index (Phi) is 7.90. The van der Waals surface area contributed by atoms with Crippen molar-refractivity contribution >= 4 is 29.5 Å². The van der Waals surface area contributed by atoms with Crippen molar-refractivity contribution in [3.05, 3.63) is 95.4 Å². The Morgan fingerprint density at radius 1 is 1.08 bits per heavy atom. The molecule has 9 nitrogen and oxygen atoms in total. The number of hydrazone groups is 1. The number of aryl methyl sites for hydroxylation is 1. The highest BCUT2D eigenvalue weighted by Crippen LogP contribution is 2.28. The maximum Gasteiger partial charge on any atom is 0.490 e. The molecule has 2 aromatic heterocycles. The van der Waals surface area contributed by atoms with Gasteiger partial charge in [0.15, 0.2) is 5.65 Å². The van der Waals surface area contributed by atoms with E-state index in [4.69, 9.17) is 9.90 Å². The Balaban J connectivity index is 0.000000448. The highest BCUT2D eigenvalue weighted by atomic mass is 19.4.